The van der Waals surface area contributed by atoms with Gasteiger partial charge in [-0.05, 0) is 47.2 Å². The van der Waals surface area contributed by atoms with Gasteiger partial charge in [0.1, 0.15) is 11.3 Å². The summed E-state index contributed by atoms with van der Waals surface area (Å²) in [6.07, 6.45) is 0.913. The van der Waals surface area contributed by atoms with Crippen molar-refractivity contribution in [1.29, 1.82) is 0 Å². The summed E-state index contributed by atoms with van der Waals surface area (Å²) >= 11 is 0. The summed E-state index contributed by atoms with van der Waals surface area (Å²) in [4.78, 5) is 65.2. The van der Waals surface area contributed by atoms with E-state index in [-0.39, 0.29) is 17.9 Å². The van der Waals surface area contributed by atoms with Crippen LogP contribution in [-0.4, -0.2) is 39.3 Å². The first-order valence-corrected chi connectivity index (χ1v) is 14.0. The van der Waals surface area contributed by atoms with Crippen molar-refractivity contribution in [3.63, 3.8) is 0 Å². The van der Waals surface area contributed by atoms with Crippen molar-refractivity contribution in [3.8, 4) is 5.75 Å². The number of nitrogens with zero attached hydrogens (tertiary/aromatic N) is 2. The number of carbonyl (C=O) groups excluding carboxylic acids is 3. The third-order valence-electron chi connectivity index (χ3n) is 8.36. The van der Waals surface area contributed by atoms with Crippen LogP contribution in [0.1, 0.15) is 49.1 Å². The highest BCUT2D eigenvalue weighted by molar-refractivity contribution is 6.25. The van der Waals surface area contributed by atoms with Crippen LogP contribution in [0, 0.1) is 22.0 Å². The number of nitrogens with one attached hydrogen (secondary N) is 1. The number of carboxylic acid groups (broad SMARTS) is 1. The van der Waals surface area contributed by atoms with Gasteiger partial charge in [-0.1, -0.05) is 56.3 Å². The number of para-hydroxylation sites is 1. The van der Waals surface area contributed by atoms with Crippen molar-refractivity contribution in [2.75, 3.05) is 4.90 Å². The van der Waals surface area contributed by atoms with Gasteiger partial charge in [-0.3, -0.25) is 34.6 Å². The van der Waals surface area contributed by atoms with Gasteiger partial charge in [0, 0.05) is 31.5 Å². The summed E-state index contributed by atoms with van der Waals surface area (Å²) in [5.41, 5.74) is 1.02. The number of amides is 2. The summed E-state index contributed by atoms with van der Waals surface area (Å²) in [6.45, 7) is 5.12. The Morgan fingerprint density at radius 3 is 2.09 bits per heavy atom. The molecule has 222 valence electrons. The van der Waals surface area contributed by atoms with E-state index in [0.717, 1.165) is 11.1 Å². The predicted molar refractivity (Wildman–Crippen MR) is 155 cm³/mol. The molecule has 4 unspecified atom stereocenters. The molecule has 3 aromatic rings. The van der Waals surface area contributed by atoms with Gasteiger partial charge in [-0.15, -0.1) is 0 Å². The second kappa shape index (κ2) is 11.4. The Balaban J connectivity index is 1.65. The number of rotatable bonds is 9. The summed E-state index contributed by atoms with van der Waals surface area (Å²) in [5.74, 6) is -4.99. The number of esters is 1. The topological polar surface area (TPSA) is 156 Å². The quantitative estimate of drug-likeness (QED) is 0.124. The van der Waals surface area contributed by atoms with Gasteiger partial charge in [0.25, 0.3) is 5.69 Å². The average molecular weight is 586 g/mol. The maximum atomic E-state index is 14.4. The Morgan fingerprint density at radius 2 is 1.58 bits per heavy atom. The first-order chi connectivity index (χ1) is 20.5. The molecule has 2 N–H and O–H groups in total. The molecule has 0 spiro atoms. The number of fused-ring (bicyclic) bond motifs is 1. The van der Waals surface area contributed by atoms with Gasteiger partial charge in [0.2, 0.25) is 11.8 Å². The number of anilines is 1. The fourth-order valence-electron chi connectivity index (χ4n) is 6.41. The third kappa shape index (κ3) is 5.05. The average Bonchev–Trinajstić information content (AvgIpc) is 3.46. The molecule has 0 aromatic heterocycles. The number of non-ortho nitro benzene ring substituents is 1. The van der Waals surface area contributed by atoms with E-state index in [0.29, 0.717) is 29.7 Å². The number of carboxylic acids is 1. The van der Waals surface area contributed by atoms with Crippen LogP contribution in [0.4, 0.5) is 11.4 Å². The molecule has 4 atom stereocenters. The Hall–Kier alpha value is -4.90. The molecule has 0 radical (unpaired) electrons. The monoisotopic (exact) mass is 585 g/mol. The number of aryl methyl sites for hydroxylation is 2. The molecule has 2 fully saturated rings. The minimum absolute atomic E-state index is 0.155. The van der Waals surface area contributed by atoms with E-state index >= 15 is 0 Å². The second-order valence-corrected chi connectivity index (χ2v) is 10.8. The summed E-state index contributed by atoms with van der Waals surface area (Å²) < 4.78 is 5.14. The summed E-state index contributed by atoms with van der Waals surface area (Å²) in [6, 6.07) is 16.6. The highest BCUT2D eigenvalue weighted by Gasteiger charge is 2.68. The van der Waals surface area contributed by atoms with Gasteiger partial charge in [0.15, 0.2) is 0 Å². The molecule has 3 aromatic carbocycles. The third-order valence-corrected chi connectivity index (χ3v) is 8.36. The van der Waals surface area contributed by atoms with E-state index in [1.54, 1.807) is 24.3 Å². The molecule has 0 aliphatic carbocycles. The number of imide groups is 1. The lowest BCUT2D eigenvalue weighted by atomic mass is 9.76. The van der Waals surface area contributed by atoms with E-state index in [9.17, 15) is 34.4 Å². The maximum absolute atomic E-state index is 14.4. The van der Waals surface area contributed by atoms with E-state index < -0.39 is 52.1 Å². The van der Waals surface area contributed by atoms with Crippen molar-refractivity contribution in [2.24, 2.45) is 11.8 Å². The number of carbonyl (C=O) groups is 4. The molecule has 2 aliphatic rings. The number of nitro groups is 1. The van der Waals surface area contributed by atoms with Crippen molar-refractivity contribution in [3.05, 3.63) is 99.1 Å². The van der Waals surface area contributed by atoms with Gasteiger partial charge < -0.3 is 9.84 Å². The highest BCUT2D eigenvalue weighted by atomic mass is 16.6. The molecule has 0 saturated carbocycles. The molecule has 11 heteroatoms. The molecular formula is C32H31N3O8. The minimum atomic E-state index is -1.91. The number of ether oxygens (including phenoxy) is 1. The lowest BCUT2D eigenvalue weighted by molar-refractivity contribution is -0.384. The Morgan fingerprint density at radius 1 is 0.977 bits per heavy atom. The lowest BCUT2D eigenvalue weighted by Gasteiger charge is -2.32. The molecule has 2 amide bonds. The predicted octanol–water partition coefficient (Wildman–Crippen LogP) is 4.16. The standard InChI is InChI=1S/C32H31N3O8/c1-4-20-7-6-8-21(5-2)28(20)34-29(37)25-26(30(34)38)32(31(39)40,17-19-9-13-23(14-10-19)35(41)42)33-27(25)22-11-15-24(16-12-22)43-18(3)36/h6-16,25-27,33H,4-5,17H2,1-3H3,(H,39,40). The van der Waals surface area contributed by atoms with Crippen LogP contribution in [0.25, 0.3) is 0 Å². The molecule has 11 nitrogen and oxygen atoms in total. The molecule has 0 bridgehead atoms. The molecule has 2 saturated heterocycles. The van der Waals surface area contributed by atoms with E-state index in [1.165, 1.54) is 36.1 Å². The zero-order chi connectivity index (χ0) is 31.1. The molecular weight excluding hydrogens is 554 g/mol. The summed E-state index contributed by atoms with van der Waals surface area (Å²) in [7, 11) is 0. The first-order valence-electron chi connectivity index (χ1n) is 14.0. The van der Waals surface area contributed by atoms with E-state index in [1.807, 2.05) is 32.0 Å². The zero-order valence-electron chi connectivity index (χ0n) is 23.9. The van der Waals surface area contributed by atoms with Crippen LogP contribution in [-0.2, 0) is 38.4 Å². The number of hydrogen-bond donors (Lipinski definition) is 2. The van der Waals surface area contributed by atoms with Crippen molar-refractivity contribution < 1.29 is 33.9 Å². The fourth-order valence-corrected chi connectivity index (χ4v) is 6.41. The normalized spacial score (nSPS) is 22.9. The number of nitro benzene ring substituents is 1. The van der Waals surface area contributed by atoms with Crippen molar-refractivity contribution in [1.82, 2.24) is 5.32 Å². The molecule has 2 aliphatic heterocycles. The smallest absolute Gasteiger partial charge is 0.325 e. The van der Waals surface area contributed by atoms with Crippen LogP contribution in [0.15, 0.2) is 66.7 Å². The molecule has 43 heavy (non-hydrogen) atoms. The molecule has 5 rings (SSSR count). The van der Waals surface area contributed by atoms with Gasteiger partial charge in [0.05, 0.1) is 22.4 Å². The van der Waals surface area contributed by atoms with Gasteiger partial charge in [-0.25, -0.2) is 4.90 Å². The first kappa shape index (κ1) is 29.6. The lowest BCUT2D eigenvalue weighted by Crippen LogP contribution is -2.57. The Bertz CT molecular complexity index is 1600. The Kier molecular flexibility index (Phi) is 7.85. The Labute approximate surface area is 247 Å². The van der Waals surface area contributed by atoms with Crippen molar-refractivity contribution in [2.45, 2.75) is 51.6 Å². The minimum Gasteiger partial charge on any atom is -0.480 e. The molecule has 2 heterocycles. The SMILES string of the molecule is CCc1cccc(CC)c1N1C(=O)C2C(c3ccc(OC(C)=O)cc3)NC(Cc3ccc([N+](=O)[O-])cc3)(C(=O)O)C2C1=O. The largest absolute Gasteiger partial charge is 0.480 e. The number of benzene rings is 3. The van der Waals surface area contributed by atoms with Crippen LogP contribution in [0.5, 0.6) is 5.75 Å². The fraction of sp³-hybridized carbons (Fsp3) is 0.312. The van der Waals surface area contributed by atoms with Crippen LogP contribution in [0.3, 0.4) is 0 Å². The van der Waals surface area contributed by atoms with Gasteiger partial charge in [-0.2, -0.15) is 0 Å². The maximum Gasteiger partial charge on any atom is 0.325 e. The van der Waals surface area contributed by atoms with Gasteiger partial charge >= 0.3 is 11.9 Å². The number of aliphatic carboxylic acids is 1. The van der Waals surface area contributed by atoms with Crippen LogP contribution in [0.2, 0.25) is 0 Å². The van der Waals surface area contributed by atoms with Crippen LogP contribution < -0.4 is 15.0 Å². The van der Waals surface area contributed by atoms with E-state index in [2.05, 4.69) is 5.32 Å². The van der Waals surface area contributed by atoms with Crippen molar-refractivity contribution >= 4 is 35.1 Å². The van der Waals surface area contributed by atoms with Crippen LogP contribution >= 0.6 is 0 Å². The zero-order valence-corrected chi connectivity index (χ0v) is 23.9. The summed E-state index contributed by atoms with van der Waals surface area (Å²) in [5, 5.41) is 25.1. The second-order valence-electron chi connectivity index (χ2n) is 10.8. The highest BCUT2D eigenvalue weighted by Crippen LogP contribution is 2.52. The number of hydrogen-bond acceptors (Lipinski definition) is 8. The van der Waals surface area contributed by atoms with E-state index in [4.69, 9.17) is 4.74 Å².